The van der Waals surface area contributed by atoms with Crippen LogP contribution in [0.3, 0.4) is 0 Å². The predicted octanol–water partition coefficient (Wildman–Crippen LogP) is 14.9. The van der Waals surface area contributed by atoms with E-state index in [1.807, 2.05) is 45.0 Å². The van der Waals surface area contributed by atoms with Crippen LogP contribution >= 0.6 is 11.8 Å². The molecule has 0 bridgehead atoms. The molecule has 8 aromatic carbocycles. The lowest BCUT2D eigenvalue weighted by molar-refractivity contribution is 0.00171. The van der Waals surface area contributed by atoms with E-state index < -0.39 is 127 Å². The van der Waals surface area contributed by atoms with E-state index in [-0.39, 0.29) is 41.1 Å². The second-order valence-corrected chi connectivity index (χ2v) is 34.2. The van der Waals surface area contributed by atoms with Gasteiger partial charge in [-0.1, -0.05) is 96.6 Å². The van der Waals surface area contributed by atoms with Gasteiger partial charge >= 0.3 is 0 Å². The lowest BCUT2D eigenvalue weighted by Crippen LogP contribution is -2.51. The maximum atomic E-state index is 14.4. The summed E-state index contributed by atoms with van der Waals surface area (Å²) in [5.74, 6) is 0.413. The summed E-state index contributed by atoms with van der Waals surface area (Å²) in [6, 6.07) is 38.9. The molecule has 0 aromatic heterocycles. The third-order valence-corrected chi connectivity index (χ3v) is 24.9. The van der Waals surface area contributed by atoms with Crippen LogP contribution in [0.25, 0.3) is 11.1 Å². The van der Waals surface area contributed by atoms with E-state index in [0.29, 0.717) is 35.4 Å². The van der Waals surface area contributed by atoms with E-state index in [1.54, 1.807) is 109 Å². The standard InChI is InChI=1S/C66H70O20S7/c1-11-63(5,6)55-35-31-51(39-59(55)90(71,72)73)88(67,68)53-33-37-57(61(41-53)92(77,78)79)83-45-19-15-43(16-20-45)44-17-21-48(22-18-44)86-66(10,14-4)65(9,13-3)56-36-32-52(40-60(56)91(74,75)76)89(69,70)54-34-38-58(62(42-54)93(80,81)82)84-46-23-27-49(28-24-46)87-50-29-25-47(26-30-50)85-64(7,8)12-2/h15-42H,11-14H2,1-10H3,(H,71,72,73)(H,74,75,76)(H,77,78,79)(H,80,81,82)/t65-,66?/m1/s1. The molecule has 0 aliphatic heterocycles. The molecule has 0 spiro atoms. The number of benzene rings is 8. The monoisotopic (exact) mass is 1410 g/mol. The molecule has 496 valence electrons. The minimum Gasteiger partial charge on any atom is -0.488 e. The van der Waals surface area contributed by atoms with Gasteiger partial charge in [-0.15, -0.1) is 0 Å². The highest BCUT2D eigenvalue weighted by molar-refractivity contribution is 7.99. The summed E-state index contributed by atoms with van der Waals surface area (Å²) in [6.07, 6.45) is 1.68. The summed E-state index contributed by atoms with van der Waals surface area (Å²) >= 11 is 1.45. The van der Waals surface area contributed by atoms with Crippen LogP contribution in [0, 0.1) is 0 Å². The highest BCUT2D eigenvalue weighted by Gasteiger charge is 2.48. The molecule has 4 N–H and O–H groups in total. The zero-order chi connectivity index (χ0) is 68.7. The Kier molecular flexibility index (Phi) is 20.5. The normalized spacial score (nSPS) is 14.2. The first-order valence-corrected chi connectivity index (χ1v) is 38.4. The van der Waals surface area contributed by atoms with Gasteiger partial charge in [-0.3, -0.25) is 18.2 Å². The van der Waals surface area contributed by atoms with Gasteiger partial charge in [-0.25, -0.2) is 16.8 Å². The minimum absolute atomic E-state index is 0.000577. The van der Waals surface area contributed by atoms with Crippen molar-refractivity contribution in [3.8, 4) is 45.6 Å². The molecule has 27 heteroatoms. The molecule has 93 heavy (non-hydrogen) atoms. The third kappa shape index (κ3) is 15.8. The van der Waals surface area contributed by atoms with E-state index in [9.17, 15) is 68.7 Å². The smallest absolute Gasteiger partial charge is 0.298 e. The van der Waals surface area contributed by atoms with Gasteiger partial charge in [-0.05, 0) is 208 Å². The summed E-state index contributed by atoms with van der Waals surface area (Å²) in [5.41, 5.74) is -2.24. The lowest BCUT2D eigenvalue weighted by atomic mass is 9.66. The van der Waals surface area contributed by atoms with Gasteiger partial charge in [0.25, 0.3) is 40.5 Å². The number of sulfone groups is 2. The first-order valence-electron chi connectivity index (χ1n) is 28.9. The molecule has 0 radical (unpaired) electrons. The molecule has 0 fully saturated rings. The van der Waals surface area contributed by atoms with Gasteiger partial charge in [0.1, 0.15) is 55.5 Å². The molecule has 0 aliphatic rings. The molecule has 0 aliphatic carbocycles. The number of hydrogen-bond donors (Lipinski definition) is 4. The van der Waals surface area contributed by atoms with Crippen LogP contribution < -0.4 is 18.9 Å². The van der Waals surface area contributed by atoms with Crippen molar-refractivity contribution in [3.05, 3.63) is 181 Å². The van der Waals surface area contributed by atoms with Crippen molar-refractivity contribution in [2.75, 3.05) is 0 Å². The molecular weight excluding hydrogens is 1340 g/mol. The molecule has 0 heterocycles. The molecule has 20 nitrogen and oxygen atoms in total. The van der Waals surface area contributed by atoms with E-state index in [0.717, 1.165) is 70.5 Å². The average Bonchev–Trinajstić information content (AvgIpc) is 0.743. The quantitative estimate of drug-likeness (QED) is 0.0366. The SMILES string of the molecule is CCC(C)(C)Oc1ccc(Sc2ccc(Oc3ccc(S(=O)(=O)c4ccc([C@@](C)(CC)C(C)(CC)Oc5ccc(-c6ccc(Oc7ccc(S(=O)(=O)c8ccc(C(C)(C)CC)c(S(=O)(=O)O)c8)cc7S(=O)(=O)O)cc6)cc5)c(S(=O)(=O)O)c4)cc3S(=O)(=O)O)cc2)cc1. The van der Waals surface area contributed by atoms with Crippen LogP contribution in [-0.4, -0.2) is 79.9 Å². The zero-order valence-electron chi connectivity index (χ0n) is 52.2. The minimum atomic E-state index is -5.20. The summed E-state index contributed by atoms with van der Waals surface area (Å²) in [7, 11) is -29.9. The molecular formula is C66H70O20S7. The van der Waals surface area contributed by atoms with Crippen LogP contribution in [0.5, 0.6) is 34.5 Å². The topological polar surface area (TPSA) is 323 Å². The molecule has 0 saturated heterocycles. The van der Waals surface area contributed by atoms with Crippen molar-refractivity contribution >= 4 is 71.9 Å². The van der Waals surface area contributed by atoms with Gasteiger partial charge in [0.15, 0.2) is 0 Å². The fraction of sp³-hybridized carbons (Fsp3) is 0.273. The third-order valence-electron chi connectivity index (χ3n) is 16.8. The second kappa shape index (κ2) is 26.6. The maximum absolute atomic E-state index is 14.4. The Balaban J connectivity index is 0.992. The van der Waals surface area contributed by atoms with Gasteiger partial charge in [0, 0.05) is 15.2 Å². The van der Waals surface area contributed by atoms with Gasteiger partial charge in [0.2, 0.25) is 19.7 Å². The highest BCUT2D eigenvalue weighted by Crippen LogP contribution is 2.47. The molecule has 8 aromatic rings. The Morgan fingerprint density at radius 3 is 1.05 bits per heavy atom. The van der Waals surface area contributed by atoms with Crippen molar-refractivity contribution < 1.29 is 87.7 Å². The summed E-state index contributed by atoms with van der Waals surface area (Å²) in [6.45, 7) is 18.2. The molecule has 8 rings (SSSR count). The van der Waals surface area contributed by atoms with Gasteiger partial charge in [-0.2, -0.15) is 33.7 Å². The molecule has 0 amide bonds. The van der Waals surface area contributed by atoms with Crippen molar-refractivity contribution in [1.82, 2.24) is 0 Å². The Bertz CT molecular complexity index is 4850. The van der Waals surface area contributed by atoms with Gasteiger partial charge < -0.3 is 18.9 Å². The molecule has 0 saturated carbocycles. The largest absolute Gasteiger partial charge is 0.488 e. The van der Waals surface area contributed by atoms with Gasteiger partial charge in [0.05, 0.1) is 29.4 Å². The number of ether oxygens (including phenoxy) is 4. The van der Waals surface area contributed by atoms with E-state index >= 15 is 0 Å². The maximum Gasteiger partial charge on any atom is 0.298 e. The van der Waals surface area contributed by atoms with Crippen LogP contribution in [-0.2, 0) is 71.0 Å². The molecule has 2 atom stereocenters. The van der Waals surface area contributed by atoms with Crippen molar-refractivity contribution in [2.24, 2.45) is 0 Å². The predicted molar refractivity (Wildman–Crippen MR) is 350 cm³/mol. The van der Waals surface area contributed by atoms with E-state index in [2.05, 4.69) is 0 Å². The highest BCUT2D eigenvalue weighted by atomic mass is 32.2. The Labute approximate surface area is 548 Å². The summed E-state index contributed by atoms with van der Waals surface area (Å²) < 4.78 is 225. The van der Waals surface area contributed by atoms with Crippen LogP contribution in [0.2, 0.25) is 0 Å². The first kappa shape index (κ1) is 71.7. The van der Waals surface area contributed by atoms with E-state index in [1.165, 1.54) is 36.0 Å². The zero-order valence-corrected chi connectivity index (χ0v) is 57.9. The molecule has 1 unspecified atom stereocenters. The fourth-order valence-electron chi connectivity index (χ4n) is 10.2. The number of rotatable bonds is 26. The van der Waals surface area contributed by atoms with Crippen molar-refractivity contribution in [1.29, 1.82) is 0 Å². The van der Waals surface area contributed by atoms with Crippen molar-refractivity contribution in [3.63, 3.8) is 0 Å². The Hall–Kier alpha value is -7.15. The van der Waals surface area contributed by atoms with Crippen molar-refractivity contribution in [2.45, 2.75) is 166 Å². The summed E-state index contributed by atoms with van der Waals surface area (Å²) in [5, 5.41) is 0. The van der Waals surface area contributed by atoms with Crippen LogP contribution in [0.4, 0.5) is 0 Å². The fourth-order valence-corrected chi connectivity index (χ4v) is 16.9. The number of hydrogen-bond acceptors (Lipinski definition) is 17. The first-order chi connectivity index (χ1) is 43.1. The van der Waals surface area contributed by atoms with Crippen LogP contribution in [0.15, 0.2) is 219 Å². The average molecular weight is 1410 g/mol. The Morgan fingerprint density at radius 1 is 0.355 bits per heavy atom. The van der Waals surface area contributed by atoms with E-state index in [4.69, 9.17) is 18.9 Å². The summed E-state index contributed by atoms with van der Waals surface area (Å²) in [4.78, 5) is -3.99. The lowest BCUT2D eigenvalue weighted by Gasteiger charge is -2.46. The Morgan fingerprint density at radius 2 is 0.688 bits per heavy atom. The van der Waals surface area contributed by atoms with Crippen LogP contribution in [0.1, 0.15) is 106 Å². The second-order valence-electron chi connectivity index (χ2n) is 23.6.